The highest BCUT2D eigenvalue weighted by molar-refractivity contribution is 7.10. The Morgan fingerprint density at radius 1 is 1.23 bits per heavy atom. The van der Waals surface area contributed by atoms with E-state index in [1.54, 1.807) is 18.1 Å². The summed E-state index contributed by atoms with van der Waals surface area (Å²) in [6.45, 7) is 8.50. The minimum Gasteiger partial charge on any atom is -0.507 e. The van der Waals surface area contributed by atoms with Crippen LogP contribution in [0, 0.1) is 13.8 Å². The third-order valence-electron chi connectivity index (χ3n) is 5.34. The number of ketones is 1. The summed E-state index contributed by atoms with van der Waals surface area (Å²) in [7, 11) is 1.59. The van der Waals surface area contributed by atoms with Crippen molar-refractivity contribution in [1.82, 2.24) is 4.90 Å². The van der Waals surface area contributed by atoms with Crippen LogP contribution in [0.25, 0.3) is 5.76 Å². The first-order chi connectivity index (χ1) is 14.8. The van der Waals surface area contributed by atoms with Crippen molar-refractivity contribution in [1.29, 1.82) is 0 Å². The van der Waals surface area contributed by atoms with E-state index in [9.17, 15) is 14.7 Å². The van der Waals surface area contributed by atoms with Gasteiger partial charge in [-0.3, -0.25) is 9.59 Å². The molecule has 1 aliphatic rings. The summed E-state index contributed by atoms with van der Waals surface area (Å²) in [5.74, 6) is -0.698. The fourth-order valence-corrected chi connectivity index (χ4v) is 4.66. The lowest BCUT2D eigenvalue weighted by atomic mass is 9.96. The van der Waals surface area contributed by atoms with Gasteiger partial charge in [0, 0.05) is 23.6 Å². The minimum atomic E-state index is -0.659. The third-order valence-corrected chi connectivity index (χ3v) is 6.27. The van der Waals surface area contributed by atoms with E-state index in [2.05, 4.69) is 0 Å². The Hall–Kier alpha value is -2.64. The molecule has 1 atom stereocenters. The van der Waals surface area contributed by atoms with Crippen molar-refractivity contribution in [2.24, 2.45) is 0 Å². The Morgan fingerprint density at radius 3 is 2.58 bits per heavy atom. The number of methoxy groups -OCH3 is 1. The largest absolute Gasteiger partial charge is 0.507 e. The Balaban J connectivity index is 2.04. The molecule has 0 saturated carbocycles. The van der Waals surface area contributed by atoms with Crippen LogP contribution in [0.15, 0.2) is 35.2 Å². The van der Waals surface area contributed by atoms with E-state index in [4.69, 9.17) is 9.47 Å². The number of thiophene rings is 1. The summed E-state index contributed by atoms with van der Waals surface area (Å²) in [6.07, 6.45) is 0.707. The van der Waals surface area contributed by atoms with Crippen LogP contribution in [-0.4, -0.2) is 48.1 Å². The average Bonchev–Trinajstić information content (AvgIpc) is 3.34. The van der Waals surface area contributed by atoms with Crippen molar-refractivity contribution in [2.45, 2.75) is 46.3 Å². The molecule has 0 radical (unpaired) electrons. The summed E-state index contributed by atoms with van der Waals surface area (Å²) in [4.78, 5) is 28.3. The zero-order chi connectivity index (χ0) is 22.7. The second kappa shape index (κ2) is 9.66. The van der Waals surface area contributed by atoms with Gasteiger partial charge in [-0.05, 0) is 68.8 Å². The summed E-state index contributed by atoms with van der Waals surface area (Å²) in [5.41, 5.74) is 2.26. The van der Waals surface area contributed by atoms with Gasteiger partial charge in [0.05, 0.1) is 24.8 Å². The molecular weight excluding hydrogens is 414 g/mol. The molecule has 2 aromatic rings. The van der Waals surface area contributed by atoms with Gasteiger partial charge in [-0.2, -0.15) is 0 Å². The first-order valence-corrected chi connectivity index (χ1v) is 11.2. The van der Waals surface area contributed by atoms with Crippen LogP contribution < -0.4 is 4.74 Å². The molecule has 1 unspecified atom stereocenters. The zero-order valence-electron chi connectivity index (χ0n) is 18.6. The highest BCUT2D eigenvalue weighted by atomic mass is 32.1. The standard InChI is InChI=1S/C24H29NO5S/c1-14(2)30-10-7-9-25-21(19-8-6-11-31-19)20(23(27)24(25)28)22(26)17-12-16(4)18(29-5)13-15(17)3/h6,8,11-14,21,26H,7,9-10H2,1-5H3/b22-20-. The number of hydrogen-bond acceptors (Lipinski definition) is 6. The van der Waals surface area contributed by atoms with Gasteiger partial charge in [0.1, 0.15) is 11.5 Å². The molecule has 0 bridgehead atoms. The van der Waals surface area contributed by atoms with Gasteiger partial charge in [0.15, 0.2) is 0 Å². The monoisotopic (exact) mass is 443 g/mol. The van der Waals surface area contributed by atoms with Gasteiger partial charge < -0.3 is 19.5 Å². The average molecular weight is 444 g/mol. The van der Waals surface area contributed by atoms with Gasteiger partial charge in [-0.15, -0.1) is 11.3 Å². The molecule has 1 aromatic carbocycles. The SMILES string of the molecule is COc1cc(C)c(/C(O)=C2/C(=O)C(=O)N(CCCOC(C)C)C2c2cccs2)cc1C. The normalized spacial score (nSPS) is 18.3. The summed E-state index contributed by atoms with van der Waals surface area (Å²) in [6, 6.07) is 6.77. The van der Waals surface area contributed by atoms with Crippen molar-refractivity contribution in [3.05, 3.63) is 56.8 Å². The molecule has 0 aliphatic carbocycles. The number of Topliss-reactive ketones (excluding diaryl/α,β-unsaturated/α-hetero) is 1. The number of hydrogen-bond donors (Lipinski definition) is 1. The lowest BCUT2D eigenvalue weighted by Crippen LogP contribution is -2.31. The van der Waals surface area contributed by atoms with E-state index in [0.717, 1.165) is 16.0 Å². The first kappa shape index (κ1) is 23.0. The molecule has 1 saturated heterocycles. The molecule has 1 fully saturated rings. The number of aliphatic hydroxyl groups is 1. The van der Waals surface area contributed by atoms with Crippen LogP contribution >= 0.6 is 11.3 Å². The van der Waals surface area contributed by atoms with Crippen LogP contribution in [0.1, 0.15) is 47.9 Å². The number of likely N-dealkylation sites (tertiary alicyclic amines) is 1. The summed E-state index contributed by atoms with van der Waals surface area (Å²) in [5, 5.41) is 13.1. The van der Waals surface area contributed by atoms with Crippen LogP contribution in [-0.2, 0) is 14.3 Å². The molecule has 1 amide bonds. The predicted molar refractivity (Wildman–Crippen MR) is 122 cm³/mol. The maximum absolute atomic E-state index is 13.0. The topological polar surface area (TPSA) is 76.1 Å². The highest BCUT2D eigenvalue weighted by Gasteiger charge is 2.46. The number of nitrogens with zero attached hydrogens (tertiary/aromatic N) is 1. The van der Waals surface area contributed by atoms with Crippen LogP contribution in [0.5, 0.6) is 5.75 Å². The Bertz CT molecular complexity index is 994. The Labute approximate surface area is 187 Å². The molecule has 3 rings (SSSR count). The number of aliphatic hydroxyl groups excluding tert-OH is 1. The third kappa shape index (κ3) is 4.67. The van der Waals surface area contributed by atoms with Crippen LogP contribution in [0.3, 0.4) is 0 Å². The number of carbonyl (C=O) groups is 2. The van der Waals surface area contributed by atoms with Gasteiger partial charge in [-0.1, -0.05) is 6.07 Å². The van der Waals surface area contributed by atoms with Gasteiger partial charge in [0.25, 0.3) is 11.7 Å². The predicted octanol–water partition coefficient (Wildman–Crippen LogP) is 4.61. The number of carbonyl (C=O) groups excluding carboxylic acids is 2. The number of rotatable bonds is 8. The fourth-order valence-electron chi connectivity index (χ4n) is 3.82. The van der Waals surface area contributed by atoms with Crippen molar-refractivity contribution >= 4 is 28.8 Å². The maximum atomic E-state index is 13.0. The van der Waals surface area contributed by atoms with E-state index in [0.29, 0.717) is 30.9 Å². The van der Waals surface area contributed by atoms with Gasteiger partial charge in [0.2, 0.25) is 0 Å². The molecule has 166 valence electrons. The molecule has 1 aliphatic heterocycles. The Kier molecular flexibility index (Phi) is 7.18. The summed E-state index contributed by atoms with van der Waals surface area (Å²) < 4.78 is 10.9. The molecule has 1 aromatic heterocycles. The second-order valence-electron chi connectivity index (χ2n) is 7.92. The molecule has 31 heavy (non-hydrogen) atoms. The van der Waals surface area contributed by atoms with Crippen LogP contribution in [0.2, 0.25) is 0 Å². The van der Waals surface area contributed by atoms with Crippen LogP contribution in [0.4, 0.5) is 0 Å². The van der Waals surface area contributed by atoms with Crippen molar-refractivity contribution in [3.8, 4) is 5.75 Å². The number of amides is 1. The molecular formula is C24H29NO5S. The van der Waals surface area contributed by atoms with Gasteiger partial charge >= 0.3 is 0 Å². The molecule has 6 nitrogen and oxygen atoms in total. The highest BCUT2D eigenvalue weighted by Crippen LogP contribution is 2.42. The van der Waals surface area contributed by atoms with E-state index in [1.165, 1.54) is 11.3 Å². The lowest BCUT2D eigenvalue weighted by Gasteiger charge is -2.24. The van der Waals surface area contributed by atoms with Crippen molar-refractivity contribution in [2.75, 3.05) is 20.3 Å². The Morgan fingerprint density at radius 2 is 1.97 bits per heavy atom. The lowest BCUT2D eigenvalue weighted by molar-refractivity contribution is -0.140. The van der Waals surface area contributed by atoms with E-state index in [1.807, 2.05) is 51.3 Å². The second-order valence-corrected chi connectivity index (χ2v) is 8.90. The molecule has 2 heterocycles. The van der Waals surface area contributed by atoms with Crippen molar-refractivity contribution in [3.63, 3.8) is 0 Å². The zero-order valence-corrected chi connectivity index (χ0v) is 19.4. The molecule has 7 heteroatoms. The fraction of sp³-hybridized carbons (Fsp3) is 0.417. The smallest absolute Gasteiger partial charge is 0.295 e. The van der Waals surface area contributed by atoms with Gasteiger partial charge in [-0.25, -0.2) is 0 Å². The minimum absolute atomic E-state index is 0.102. The number of ether oxygens (including phenoxy) is 2. The number of aryl methyl sites for hydroxylation is 2. The molecule has 1 N–H and O–H groups in total. The molecule has 0 spiro atoms. The maximum Gasteiger partial charge on any atom is 0.295 e. The number of benzene rings is 1. The van der Waals surface area contributed by atoms with E-state index in [-0.39, 0.29) is 17.4 Å². The van der Waals surface area contributed by atoms with Crippen molar-refractivity contribution < 1.29 is 24.2 Å². The van der Waals surface area contributed by atoms with E-state index < -0.39 is 17.7 Å². The first-order valence-electron chi connectivity index (χ1n) is 10.3. The van der Waals surface area contributed by atoms with E-state index >= 15 is 0 Å². The quantitative estimate of drug-likeness (QED) is 0.279. The summed E-state index contributed by atoms with van der Waals surface area (Å²) >= 11 is 1.46.